The second-order valence-electron chi connectivity index (χ2n) is 10.2. The van der Waals surface area contributed by atoms with Crippen LogP contribution in [-0.2, 0) is 0 Å². The van der Waals surface area contributed by atoms with Gasteiger partial charge in [0.2, 0.25) is 0 Å². The van der Waals surface area contributed by atoms with Crippen LogP contribution in [-0.4, -0.2) is 73.9 Å². The number of aromatic nitrogens is 1. The number of benzene rings is 2. The van der Waals surface area contributed by atoms with E-state index in [1.807, 2.05) is 13.1 Å². The van der Waals surface area contributed by atoms with Crippen molar-refractivity contribution in [2.75, 3.05) is 47.3 Å². The van der Waals surface area contributed by atoms with Crippen molar-refractivity contribution in [3.8, 4) is 11.1 Å². The Morgan fingerprint density at radius 3 is 2.57 bits per heavy atom. The van der Waals surface area contributed by atoms with Crippen LogP contribution in [0.2, 0.25) is 0 Å². The van der Waals surface area contributed by atoms with Gasteiger partial charge in [-0.15, -0.1) is 0 Å². The Labute approximate surface area is 213 Å². The first-order valence-electron chi connectivity index (χ1n) is 12.4. The summed E-state index contributed by atoms with van der Waals surface area (Å²) in [6, 6.07) is 7.32. The van der Waals surface area contributed by atoms with Crippen LogP contribution < -0.4 is 5.32 Å². The van der Waals surface area contributed by atoms with E-state index in [9.17, 15) is 13.6 Å². The molecule has 1 atom stereocenters. The summed E-state index contributed by atoms with van der Waals surface area (Å²) in [7, 11) is 5.13. The van der Waals surface area contributed by atoms with Gasteiger partial charge in [0, 0.05) is 43.7 Å². The summed E-state index contributed by atoms with van der Waals surface area (Å²) in [6.45, 7) is 1.36. The fraction of sp³-hybridized carbons (Fsp3) is 0.393. The van der Waals surface area contributed by atoms with Crippen LogP contribution in [0.5, 0.6) is 0 Å². The Kier molecular flexibility index (Phi) is 6.62. The number of nitrogens with one attached hydrogen (secondary N) is 2. The van der Waals surface area contributed by atoms with Crippen molar-refractivity contribution in [2.24, 2.45) is 0 Å². The van der Waals surface area contributed by atoms with Crippen molar-refractivity contribution in [1.29, 1.82) is 0 Å². The lowest BCUT2D eigenvalue weighted by molar-refractivity contribution is -0.0420. The molecule has 3 aromatic rings. The summed E-state index contributed by atoms with van der Waals surface area (Å²) in [5, 5.41) is 3.05. The van der Waals surface area contributed by atoms with Crippen LogP contribution in [0.4, 0.5) is 17.6 Å². The molecule has 5 rings (SSSR count). The van der Waals surface area contributed by atoms with Gasteiger partial charge in [-0.25, -0.2) is 17.6 Å². The van der Waals surface area contributed by atoms with Crippen molar-refractivity contribution >= 4 is 22.4 Å². The Morgan fingerprint density at radius 1 is 1.11 bits per heavy atom. The average molecular weight is 515 g/mol. The Hall–Kier alpha value is -3.17. The molecule has 5 nitrogen and oxygen atoms in total. The van der Waals surface area contributed by atoms with Crippen LogP contribution >= 0.6 is 0 Å². The predicted molar refractivity (Wildman–Crippen MR) is 137 cm³/mol. The zero-order chi connectivity index (χ0) is 26.5. The maximum Gasteiger partial charge on any atom is 0.269 e. The van der Waals surface area contributed by atoms with Crippen LogP contribution in [0, 0.1) is 11.6 Å². The van der Waals surface area contributed by atoms with Crippen molar-refractivity contribution in [2.45, 2.75) is 24.7 Å². The molecule has 2 aromatic carbocycles. The molecule has 1 amide bonds. The van der Waals surface area contributed by atoms with Crippen molar-refractivity contribution in [3.05, 3.63) is 64.9 Å². The second kappa shape index (κ2) is 9.61. The zero-order valence-corrected chi connectivity index (χ0v) is 21.1. The minimum Gasteiger partial charge on any atom is -0.348 e. The number of aromatic amines is 1. The SMILES string of the molecule is CN1CCC=C(c2cc(-c3ccc(C4CCNCC4(F)F)cc3F)c3cc(C(=O)N(C)C)[nH]c3c2F)C1. The highest BCUT2D eigenvalue weighted by molar-refractivity contribution is 6.04. The summed E-state index contributed by atoms with van der Waals surface area (Å²) >= 11 is 0. The van der Waals surface area contributed by atoms with E-state index < -0.39 is 30.0 Å². The second-order valence-corrected chi connectivity index (χ2v) is 10.2. The Morgan fingerprint density at radius 2 is 1.89 bits per heavy atom. The smallest absolute Gasteiger partial charge is 0.269 e. The maximum absolute atomic E-state index is 15.8. The first-order chi connectivity index (χ1) is 17.6. The van der Waals surface area contributed by atoms with Gasteiger partial charge in [0.1, 0.15) is 11.5 Å². The van der Waals surface area contributed by atoms with E-state index in [-0.39, 0.29) is 34.7 Å². The van der Waals surface area contributed by atoms with Crippen LogP contribution in [0.15, 0.2) is 36.4 Å². The molecule has 9 heteroatoms. The Bertz CT molecular complexity index is 1390. The molecule has 1 unspecified atom stereocenters. The normalized spacial score (nSPS) is 20.2. The first kappa shape index (κ1) is 25.5. The molecule has 2 aliphatic heterocycles. The molecule has 1 aromatic heterocycles. The van der Waals surface area contributed by atoms with Crippen molar-refractivity contribution in [1.82, 2.24) is 20.1 Å². The predicted octanol–water partition coefficient (Wildman–Crippen LogP) is 5.25. The highest BCUT2D eigenvalue weighted by atomic mass is 19.3. The van der Waals surface area contributed by atoms with E-state index in [1.165, 1.54) is 29.2 Å². The largest absolute Gasteiger partial charge is 0.348 e. The lowest BCUT2D eigenvalue weighted by atomic mass is 9.85. The molecule has 0 spiro atoms. The Balaban J connectivity index is 1.68. The van der Waals surface area contributed by atoms with Crippen molar-refractivity contribution in [3.63, 3.8) is 0 Å². The maximum atomic E-state index is 15.8. The topological polar surface area (TPSA) is 51.4 Å². The minimum absolute atomic E-state index is 0.111. The number of hydrogen-bond acceptors (Lipinski definition) is 3. The van der Waals surface area contributed by atoms with Gasteiger partial charge in [0.15, 0.2) is 5.82 Å². The summed E-state index contributed by atoms with van der Waals surface area (Å²) in [5.74, 6) is -5.58. The number of hydrogen-bond donors (Lipinski definition) is 2. The van der Waals surface area contributed by atoms with Gasteiger partial charge < -0.3 is 20.1 Å². The molecule has 196 valence electrons. The number of likely N-dealkylation sites (N-methyl/N-ethyl adjacent to an activating group) is 1. The van der Waals surface area contributed by atoms with Gasteiger partial charge in [-0.05, 0) is 61.3 Å². The number of alkyl halides is 2. The van der Waals surface area contributed by atoms with E-state index in [1.54, 1.807) is 20.2 Å². The number of carbonyl (C=O) groups is 1. The highest BCUT2D eigenvalue weighted by Gasteiger charge is 2.42. The third-order valence-electron chi connectivity index (χ3n) is 7.34. The fourth-order valence-corrected chi connectivity index (χ4v) is 5.37. The summed E-state index contributed by atoms with van der Waals surface area (Å²) in [6.07, 6.45) is 2.93. The van der Waals surface area contributed by atoms with E-state index >= 15 is 8.78 Å². The number of carbonyl (C=O) groups excluding carboxylic acids is 1. The number of rotatable bonds is 4. The molecule has 1 saturated heterocycles. The molecule has 0 saturated carbocycles. The molecule has 2 aliphatic rings. The molecular formula is C28H30F4N4O. The molecule has 0 aliphatic carbocycles. The molecule has 0 bridgehead atoms. The number of amides is 1. The summed E-state index contributed by atoms with van der Waals surface area (Å²) in [5.41, 5.74) is 2.19. The number of nitrogens with zero attached hydrogens (tertiary/aromatic N) is 2. The third kappa shape index (κ3) is 4.66. The van der Waals surface area contributed by atoms with E-state index in [0.29, 0.717) is 29.6 Å². The summed E-state index contributed by atoms with van der Waals surface area (Å²) in [4.78, 5) is 19.0. The quantitative estimate of drug-likeness (QED) is 0.468. The van der Waals surface area contributed by atoms with Gasteiger partial charge in [0.05, 0.1) is 18.0 Å². The van der Waals surface area contributed by atoms with Gasteiger partial charge in [-0.1, -0.05) is 18.2 Å². The molecule has 3 heterocycles. The van der Waals surface area contributed by atoms with Gasteiger partial charge >= 0.3 is 0 Å². The fourth-order valence-electron chi connectivity index (χ4n) is 5.37. The molecule has 37 heavy (non-hydrogen) atoms. The number of fused-ring (bicyclic) bond motifs is 1. The number of halogens is 4. The van der Waals surface area contributed by atoms with E-state index in [0.717, 1.165) is 18.5 Å². The minimum atomic E-state index is -2.98. The zero-order valence-electron chi connectivity index (χ0n) is 21.1. The van der Waals surface area contributed by atoms with Gasteiger partial charge in [-0.2, -0.15) is 0 Å². The molecule has 2 N–H and O–H groups in total. The lowest BCUT2D eigenvalue weighted by Crippen LogP contribution is -2.44. The summed E-state index contributed by atoms with van der Waals surface area (Å²) < 4.78 is 60.5. The van der Waals surface area contributed by atoms with E-state index in [2.05, 4.69) is 15.2 Å². The van der Waals surface area contributed by atoms with Crippen molar-refractivity contribution < 1.29 is 22.4 Å². The van der Waals surface area contributed by atoms with Gasteiger partial charge in [0.25, 0.3) is 11.8 Å². The molecule has 1 fully saturated rings. The lowest BCUT2D eigenvalue weighted by Gasteiger charge is -2.32. The monoisotopic (exact) mass is 514 g/mol. The molecule has 0 radical (unpaired) electrons. The third-order valence-corrected chi connectivity index (χ3v) is 7.34. The van der Waals surface area contributed by atoms with Crippen LogP contribution in [0.25, 0.3) is 27.6 Å². The highest BCUT2D eigenvalue weighted by Crippen LogP contribution is 2.41. The van der Waals surface area contributed by atoms with Crippen LogP contribution in [0.3, 0.4) is 0 Å². The average Bonchev–Trinajstić information content (AvgIpc) is 3.30. The number of piperidine rings is 1. The van der Waals surface area contributed by atoms with Gasteiger partial charge in [-0.3, -0.25) is 4.79 Å². The molecular weight excluding hydrogens is 484 g/mol. The standard InChI is InChI=1S/C28H30F4N4O/c1-35(2)27(37)24-13-21-20(12-19(25(30)26(21)34-24)17-5-4-10-36(3)14-17)18-7-6-16(11-23(18)29)22-8-9-33-15-28(22,31)32/h5-7,11-13,22,33-34H,4,8-10,14-15H2,1-3H3. The number of H-pyrrole nitrogens is 1. The van der Waals surface area contributed by atoms with Crippen LogP contribution in [0.1, 0.15) is 40.4 Å². The van der Waals surface area contributed by atoms with E-state index in [4.69, 9.17) is 0 Å². The first-order valence-corrected chi connectivity index (χ1v) is 12.4.